The second kappa shape index (κ2) is 7.80. The molecule has 4 rings (SSSR count). The lowest BCUT2D eigenvalue weighted by molar-refractivity contribution is -0.121. The Morgan fingerprint density at radius 2 is 1.93 bits per heavy atom. The highest BCUT2D eigenvalue weighted by Crippen LogP contribution is 2.24. The van der Waals surface area contributed by atoms with Crippen molar-refractivity contribution in [1.29, 1.82) is 0 Å². The second-order valence-corrected chi connectivity index (χ2v) is 7.32. The highest BCUT2D eigenvalue weighted by molar-refractivity contribution is 6.07. The van der Waals surface area contributed by atoms with Crippen LogP contribution in [0.2, 0.25) is 0 Å². The van der Waals surface area contributed by atoms with Crippen LogP contribution in [0.1, 0.15) is 28.8 Å². The van der Waals surface area contributed by atoms with E-state index in [0.29, 0.717) is 24.5 Å². The zero-order chi connectivity index (χ0) is 19.5. The minimum Gasteiger partial charge on any atom is -0.338 e. The van der Waals surface area contributed by atoms with Crippen LogP contribution in [0.4, 0.5) is 5.82 Å². The number of hydrogen-bond acceptors (Lipinski definition) is 3. The van der Waals surface area contributed by atoms with Crippen molar-refractivity contribution in [3.63, 3.8) is 0 Å². The number of aryl methyl sites for hydroxylation is 1. The molecule has 2 aromatic carbocycles. The largest absolute Gasteiger partial charge is 0.338 e. The maximum absolute atomic E-state index is 13.2. The molecule has 142 valence electrons. The molecule has 5 heteroatoms. The molecule has 0 bridgehead atoms. The van der Waals surface area contributed by atoms with Crippen LogP contribution >= 0.6 is 0 Å². The van der Waals surface area contributed by atoms with E-state index in [4.69, 9.17) is 0 Å². The number of nitrogens with one attached hydrogen (secondary N) is 1. The number of carbonyl (C=O) groups excluding carboxylic acids is 2. The van der Waals surface area contributed by atoms with Gasteiger partial charge in [-0.3, -0.25) is 9.59 Å². The lowest BCUT2D eigenvalue weighted by Crippen LogP contribution is -2.43. The Morgan fingerprint density at radius 3 is 2.79 bits per heavy atom. The van der Waals surface area contributed by atoms with Gasteiger partial charge in [0.1, 0.15) is 5.82 Å². The SMILES string of the molecule is Cc1ccnc(NC(=O)C2CCCN(C(=O)c3cccc4ccccc34)C2)c1. The number of anilines is 1. The molecule has 1 aliphatic rings. The fourth-order valence-electron chi connectivity index (χ4n) is 3.79. The van der Waals surface area contributed by atoms with E-state index in [1.165, 1.54) is 0 Å². The van der Waals surface area contributed by atoms with Crippen molar-refractivity contribution in [1.82, 2.24) is 9.88 Å². The normalized spacial score (nSPS) is 16.8. The quantitative estimate of drug-likeness (QED) is 0.754. The fourth-order valence-corrected chi connectivity index (χ4v) is 3.79. The number of aromatic nitrogens is 1. The van der Waals surface area contributed by atoms with Crippen LogP contribution in [0.5, 0.6) is 0 Å². The molecule has 1 aromatic heterocycles. The highest BCUT2D eigenvalue weighted by Gasteiger charge is 2.29. The Labute approximate surface area is 164 Å². The van der Waals surface area contributed by atoms with Crippen LogP contribution in [0.3, 0.4) is 0 Å². The lowest BCUT2D eigenvalue weighted by Gasteiger charge is -2.32. The third-order valence-corrected chi connectivity index (χ3v) is 5.27. The van der Waals surface area contributed by atoms with Gasteiger partial charge in [-0.05, 0) is 54.3 Å². The third-order valence-electron chi connectivity index (χ3n) is 5.27. The zero-order valence-corrected chi connectivity index (χ0v) is 15.9. The molecule has 2 amide bonds. The van der Waals surface area contributed by atoms with Gasteiger partial charge in [-0.1, -0.05) is 36.4 Å². The number of likely N-dealkylation sites (tertiary alicyclic amines) is 1. The Hall–Kier alpha value is -3.21. The van der Waals surface area contributed by atoms with Gasteiger partial charge in [-0.15, -0.1) is 0 Å². The van der Waals surface area contributed by atoms with Gasteiger partial charge >= 0.3 is 0 Å². The molecule has 1 aliphatic heterocycles. The summed E-state index contributed by atoms with van der Waals surface area (Å²) in [5, 5.41) is 4.89. The van der Waals surface area contributed by atoms with E-state index in [1.807, 2.05) is 61.5 Å². The van der Waals surface area contributed by atoms with Crippen molar-refractivity contribution in [2.75, 3.05) is 18.4 Å². The first kappa shape index (κ1) is 18.2. The van der Waals surface area contributed by atoms with Crippen molar-refractivity contribution in [2.45, 2.75) is 19.8 Å². The summed E-state index contributed by atoms with van der Waals surface area (Å²) in [6.07, 6.45) is 3.27. The number of benzene rings is 2. The van der Waals surface area contributed by atoms with Gasteiger partial charge in [0.25, 0.3) is 5.91 Å². The van der Waals surface area contributed by atoms with Crippen LogP contribution in [-0.4, -0.2) is 34.8 Å². The second-order valence-electron chi connectivity index (χ2n) is 7.32. The van der Waals surface area contributed by atoms with Gasteiger partial charge in [0.05, 0.1) is 5.92 Å². The number of nitrogens with zero attached hydrogens (tertiary/aromatic N) is 2. The van der Waals surface area contributed by atoms with E-state index in [1.54, 1.807) is 11.1 Å². The van der Waals surface area contributed by atoms with Crippen molar-refractivity contribution in [3.8, 4) is 0 Å². The third kappa shape index (κ3) is 3.74. The van der Waals surface area contributed by atoms with E-state index in [2.05, 4.69) is 10.3 Å². The summed E-state index contributed by atoms with van der Waals surface area (Å²) >= 11 is 0. The molecule has 2 heterocycles. The maximum atomic E-state index is 13.2. The Kier molecular flexibility index (Phi) is 5.06. The van der Waals surface area contributed by atoms with Gasteiger partial charge in [0.15, 0.2) is 0 Å². The van der Waals surface area contributed by atoms with Crippen LogP contribution < -0.4 is 5.32 Å². The molecule has 0 aliphatic carbocycles. The molecule has 28 heavy (non-hydrogen) atoms. The number of hydrogen-bond donors (Lipinski definition) is 1. The summed E-state index contributed by atoms with van der Waals surface area (Å²) in [4.78, 5) is 31.9. The molecular weight excluding hydrogens is 350 g/mol. The average molecular weight is 373 g/mol. The van der Waals surface area contributed by atoms with Crippen molar-refractivity contribution < 1.29 is 9.59 Å². The minimum absolute atomic E-state index is 0.0111. The van der Waals surface area contributed by atoms with Crippen LogP contribution in [0, 0.1) is 12.8 Å². The zero-order valence-electron chi connectivity index (χ0n) is 15.9. The monoisotopic (exact) mass is 373 g/mol. The lowest BCUT2D eigenvalue weighted by atomic mass is 9.95. The summed E-state index contributed by atoms with van der Waals surface area (Å²) in [6.45, 7) is 3.07. The number of amides is 2. The molecule has 0 saturated carbocycles. The number of pyridine rings is 1. The summed E-state index contributed by atoms with van der Waals surface area (Å²) in [5.74, 6) is 0.244. The first-order chi connectivity index (χ1) is 13.6. The summed E-state index contributed by atoms with van der Waals surface area (Å²) in [7, 11) is 0. The first-order valence-electron chi connectivity index (χ1n) is 9.62. The van der Waals surface area contributed by atoms with E-state index < -0.39 is 0 Å². The molecular formula is C23H23N3O2. The summed E-state index contributed by atoms with van der Waals surface area (Å²) in [5.41, 5.74) is 1.74. The maximum Gasteiger partial charge on any atom is 0.254 e. The first-order valence-corrected chi connectivity index (χ1v) is 9.62. The molecule has 5 nitrogen and oxygen atoms in total. The molecule has 3 aromatic rings. The van der Waals surface area contributed by atoms with E-state index in [9.17, 15) is 9.59 Å². The molecule has 0 spiro atoms. The predicted octanol–water partition coefficient (Wildman–Crippen LogP) is 4.03. The number of piperidine rings is 1. The average Bonchev–Trinajstić information content (AvgIpc) is 2.73. The molecule has 1 fully saturated rings. The van der Waals surface area contributed by atoms with Crippen molar-refractivity contribution in [3.05, 3.63) is 71.9 Å². The Morgan fingerprint density at radius 1 is 1.11 bits per heavy atom. The van der Waals surface area contributed by atoms with Gasteiger partial charge in [-0.25, -0.2) is 4.98 Å². The summed E-state index contributed by atoms with van der Waals surface area (Å²) < 4.78 is 0. The Balaban J connectivity index is 1.50. The standard InChI is InChI=1S/C23H23N3O2/c1-16-11-12-24-21(14-16)25-22(27)18-8-5-13-26(15-18)23(28)20-10-4-7-17-6-2-3-9-19(17)20/h2-4,6-7,9-12,14,18H,5,8,13,15H2,1H3,(H,24,25,27). The van der Waals surface area contributed by atoms with Crippen molar-refractivity contribution >= 4 is 28.4 Å². The van der Waals surface area contributed by atoms with Crippen molar-refractivity contribution in [2.24, 2.45) is 5.92 Å². The van der Waals surface area contributed by atoms with Crippen LogP contribution in [0.25, 0.3) is 10.8 Å². The minimum atomic E-state index is -0.227. The van der Waals surface area contributed by atoms with Gasteiger partial charge in [-0.2, -0.15) is 0 Å². The topological polar surface area (TPSA) is 62.3 Å². The number of fused-ring (bicyclic) bond motifs is 1. The molecule has 0 radical (unpaired) electrons. The van der Waals surface area contributed by atoms with E-state index in [0.717, 1.165) is 29.2 Å². The van der Waals surface area contributed by atoms with E-state index in [-0.39, 0.29) is 17.7 Å². The molecule has 1 atom stereocenters. The smallest absolute Gasteiger partial charge is 0.254 e. The van der Waals surface area contributed by atoms with Gasteiger partial charge in [0, 0.05) is 24.8 Å². The molecule has 1 saturated heterocycles. The molecule has 1 N–H and O–H groups in total. The van der Waals surface area contributed by atoms with Crippen LogP contribution in [-0.2, 0) is 4.79 Å². The van der Waals surface area contributed by atoms with E-state index >= 15 is 0 Å². The summed E-state index contributed by atoms with van der Waals surface area (Å²) in [6, 6.07) is 17.4. The molecule has 1 unspecified atom stereocenters. The predicted molar refractivity (Wildman–Crippen MR) is 110 cm³/mol. The highest BCUT2D eigenvalue weighted by atomic mass is 16.2. The van der Waals surface area contributed by atoms with Gasteiger partial charge < -0.3 is 10.2 Å². The van der Waals surface area contributed by atoms with Gasteiger partial charge in [0.2, 0.25) is 5.91 Å². The number of rotatable bonds is 3. The van der Waals surface area contributed by atoms with Crippen LogP contribution in [0.15, 0.2) is 60.8 Å². The fraction of sp³-hybridized carbons (Fsp3) is 0.261. The number of carbonyl (C=O) groups is 2. The Bertz CT molecular complexity index is 1030.